The van der Waals surface area contributed by atoms with Crippen molar-refractivity contribution in [2.24, 2.45) is 5.73 Å². The van der Waals surface area contributed by atoms with E-state index in [1.165, 1.54) is 0 Å². The van der Waals surface area contributed by atoms with E-state index in [-0.39, 0.29) is 12.5 Å². The number of amides is 1. The smallest absolute Gasteiger partial charge is 0.245 e. The van der Waals surface area contributed by atoms with Crippen molar-refractivity contribution in [2.75, 3.05) is 5.32 Å². The summed E-state index contributed by atoms with van der Waals surface area (Å²) in [5, 5.41) is 11.8. The molecule has 5 nitrogen and oxygen atoms in total. The van der Waals surface area contributed by atoms with Gasteiger partial charge in [-0.2, -0.15) is 0 Å². The van der Waals surface area contributed by atoms with Gasteiger partial charge in [0.15, 0.2) is 0 Å². The number of rotatable bonds is 3. The molecule has 2 aromatic carbocycles. The normalized spacial score (nSPS) is 16.7. The molecule has 0 aromatic heterocycles. The molecule has 2 aromatic rings. The van der Waals surface area contributed by atoms with Crippen LogP contribution in [0.25, 0.3) is 0 Å². The minimum absolute atomic E-state index is 0.0354. The molecular weight excluding hydrogens is 256 g/mol. The molecule has 0 saturated heterocycles. The lowest BCUT2D eigenvalue weighted by Gasteiger charge is -2.08. The standard InChI is InChI=1S/C15H14N2O3/c16-14-12-5-4-11(7-13(12)17-15(14)19)20-10-3-1-2-9(6-10)8-18/h1-7,14,18H,8,16H2,(H,17,19). The molecule has 5 heteroatoms. The van der Waals surface area contributed by atoms with Crippen LogP contribution in [0.3, 0.4) is 0 Å². The van der Waals surface area contributed by atoms with Crippen LogP contribution < -0.4 is 15.8 Å². The number of carbonyl (C=O) groups is 1. The molecule has 3 rings (SSSR count). The second-order valence-electron chi connectivity index (χ2n) is 4.62. The third kappa shape index (κ3) is 2.24. The average Bonchev–Trinajstić information content (AvgIpc) is 2.74. The Morgan fingerprint density at radius 1 is 1.20 bits per heavy atom. The minimum atomic E-state index is -0.614. The number of aliphatic hydroxyl groups excluding tert-OH is 1. The lowest BCUT2D eigenvalue weighted by Crippen LogP contribution is -2.19. The molecule has 0 spiro atoms. The first-order chi connectivity index (χ1) is 9.67. The summed E-state index contributed by atoms with van der Waals surface area (Å²) < 4.78 is 5.71. The maximum absolute atomic E-state index is 11.5. The monoisotopic (exact) mass is 270 g/mol. The zero-order valence-corrected chi connectivity index (χ0v) is 10.7. The van der Waals surface area contributed by atoms with Gasteiger partial charge in [0.25, 0.3) is 0 Å². The number of carbonyl (C=O) groups excluding carboxylic acids is 1. The zero-order valence-electron chi connectivity index (χ0n) is 10.7. The number of anilines is 1. The number of nitrogens with one attached hydrogen (secondary N) is 1. The molecule has 0 saturated carbocycles. The number of aliphatic hydroxyl groups is 1. The number of hydrogen-bond acceptors (Lipinski definition) is 4. The summed E-state index contributed by atoms with van der Waals surface area (Å²) in [6.07, 6.45) is 0. The van der Waals surface area contributed by atoms with Gasteiger partial charge in [-0.25, -0.2) is 0 Å². The van der Waals surface area contributed by atoms with Crippen molar-refractivity contribution in [3.63, 3.8) is 0 Å². The highest BCUT2D eigenvalue weighted by atomic mass is 16.5. The molecular formula is C15H14N2O3. The molecule has 4 N–H and O–H groups in total. The fourth-order valence-corrected chi connectivity index (χ4v) is 2.17. The van der Waals surface area contributed by atoms with Gasteiger partial charge in [-0.15, -0.1) is 0 Å². The number of benzene rings is 2. The van der Waals surface area contributed by atoms with E-state index >= 15 is 0 Å². The van der Waals surface area contributed by atoms with Crippen molar-refractivity contribution < 1.29 is 14.6 Å². The topological polar surface area (TPSA) is 84.6 Å². The third-order valence-electron chi connectivity index (χ3n) is 3.22. The largest absolute Gasteiger partial charge is 0.457 e. The van der Waals surface area contributed by atoms with Crippen molar-refractivity contribution in [1.29, 1.82) is 0 Å². The highest BCUT2D eigenvalue weighted by Gasteiger charge is 2.27. The molecule has 1 atom stereocenters. The molecule has 1 heterocycles. The maximum Gasteiger partial charge on any atom is 0.245 e. The van der Waals surface area contributed by atoms with Crippen LogP contribution in [0.5, 0.6) is 11.5 Å². The van der Waals surface area contributed by atoms with E-state index in [1.807, 2.05) is 12.1 Å². The van der Waals surface area contributed by atoms with Gasteiger partial charge in [-0.3, -0.25) is 4.79 Å². The third-order valence-corrected chi connectivity index (χ3v) is 3.22. The lowest BCUT2D eigenvalue weighted by molar-refractivity contribution is -0.116. The summed E-state index contributed by atoms with van der Waals surface area (Å²) in [4.78, 5) is 11.5. The van der Waals surface area contributed by atoms with Crippen molar-refractivity contribution in [3.05, 3.63) is 53.6 Å². The summed E-state index contributed by atoms with van der Waals surface area (Å²) >= 11 is 0. The Labute approximate surface area is 116 Å². The van der Waals surface area contributed by atoms with Gasteiger partial charge in [-0.05, 0) is 23.8 Å². The summed E-state index contributed by atoms with van der Waals surface area (Å²) in [6, 6.07) is 11.9. The Kier molecular flexibility index (Phi) is 3.14. The van der Waals surface area contributed by atoms with Crippen LogP contribution in [0.2, 0.25) is 0 Å². The van der Waals surface area contributed by atoms with E-state index < -0.39 is 6.04 Å². The quantitative estimate of drug-likeness (QED) is 0.795. The lowest BCUT2D eigenvalue weighted by atomic mass is 10.1. The van der Waals surface area contributed by atoms with Crippen LogP contribution in [-0.4, -0.2) is 11.0 Å². The van der Waals surface area contributed by atoms with Crippen LogP contribution in [0.1, 0.15) is 17.2 Å². The summed E-state index contributed by atoms with van der Waals surface area (Å²) in [7, 11) is 0. The Hall–Kier alpha value is -2.37. The predicted octanol–water partition coefficient (Wildman–Crippen LogP) is 1.92. The summed E-state index contributed by atoms with van der Waals surface area (Å²) in [5.74, 6) is 1.03. The van der Waals surface area contributed by atoms with Crippen LogP contribution in [-0.2, 0) is 11.4 Å². The Balaban J connectivity index is 1.86. The molecule has 0 aliphatic carbocycles. The van der Waals surface area contributed by atoms with Crippen molar-refractivity contribution in [2.45, 2.75) is 12.6 Å². The highest BCUT2D eigenvalue weighted by Crippen LogP contribution is 2.34. The first-order valence-corrected chi connectivity index (χ1v) is 6.25. The summed E-state index contributed by atoms with van der Waals surface area (Å²) in [5.41, 5.74) is 7.98. The molecule has 1 aliphatic heterocycles. The van der Waals surface area contributed by atoms with Crippen molar-refractivity contribution in [3.8, 4) is 11.5 Å². The second-order valence-corrected chi connectivity index (χ2v) is 4.62. The van der Waals surface area contributed by atoms with E-state index in [1.54, 1.807) is 30.3 Å². The first-order valence-electron chi connectivity index (χ1n) is 6.25. The Bertz CT molecular complexity index is 670. The number of hydrogen-bond donors (Lipinski definition) is 3. The van der Waals surface area contributed by atoms with Gasteiger partial charge >= 0.3 is 0 Å². The first kappa shape index (κ1) is 12.7. The van der Waals surface area contributed by atoms with Gasteiger partial charge in [0, 0.05) is 17.3 Å². The van der Waals surface area contributed by atoms with E-state index in [2.05, 4.69) is 5.32 Å². The van der Waals surface area contributed by atoms with Crippen molar-refractivity contribution >= 4 is 11.6 Å². The zero-order chi connectivity index (χ0) is 14.1. The second kappa shape index (κ2) is 4.96. The van der Waals surface area contributed by atoms with E-state index in [0.717, 1.165) is 11.1 Å². The van der Waals surface area contributed by atoms with Crippen LogP contribution in [0.4, 0.5) is 5.69 Å². The molecule has 1 amide bonds. The number of nitrogens with two attached hydrogens (primary N) is 1. The molecule has 0 fully saturated rings. The molecule has 20 heavy (non-hydrogen) atoms. The fourth-order valence-electron chi connectivity index (χ4n) is 2.17. The van der Waals surface area contributed by atoms with Crippen molar-refractivity contribution in [1.82, 2.24) is 0 Å². The molecule has 0 radical (unpaired) electrons. The van der Waals surface area contributed by atoms with Crippen LogP contribution in [0, 0.1) is 0 Å². The number of ether oxygens (including phenoxy) is 1. The van der Waals surface area contributed by atoms with E-state index in [9.17, 15) is 4.79 Å². The molecule has 1 aliphatic rings. The van der Waals surface area contributed by atoms with Gasteiger partial charge in [0.1, 0.15) is 17.5 Å². The maximum atomic E-state index is 11.5. The van der Waals surface area contributed by atoms with Gasteiger partial charge in [-0.1, -0.05) is 18.2 Å². The van der Waals surface area contributed by atoms with Gasteiger partial charge < -0.3 is 20.9 Å². The minimum Gasteiger partial charge on any atom is -0.457 e. The molecule has 102 valence electrons. The summed E-state index contributed by atoms with van der Waals surface area (Å²) in [6.45, 7) is -0.0354. The highest BCUT2D eigenvalue weighted by molar-refractivity contribution is 6.02. The van der Waals surface area contributed by atoms with E-state index in [0.29, 0.717) is 17.2 Å². The Morgan fingerprint density at radius 2 is 2.00 bits per heavy atom. The van der Waals surface area contributed by atoms with Crippen LogP contribution in [0.15, 0.2) is 42.5 Å². The SMILES string of the molecule is NC1C(=O)Nc2cc(Oc3cccc(CO)c3)ccc21. The Morgan fingerprint density at radius 3 is 2.80 bits per heavy atom. The number of fused-ring (bicyclic) bond motifs is 1. The van der Waals surface area contributed by atoms with Gasteiger partial charge in [0.05, 0.1) is 6.61 Å². The molecule has 1 unspecified atom stereocenters. The van der Waals surface area contributed by atoms with Gasteiger partial charge in [0.2, 0.25) is 5.91 Å². The molecule has 0 bridgehead atoms. The predicted molar refractivity (Wildman–Crippen MR) is 74.4 cm³/mol. The average molecular weight is 270 g/mol. The van der Waals surface area contributed by atoms with E-state index in [4.69, 9.17) is 15.6 Å². The fraction of sp³-hybridized carbons (Fsp3) is 0.133. The van der Waals surface area contributed by atoms with Crippen LogP contribution >= 0.6 is 0 Å².